The third-order valence-electron chi connectivity index (χ3n) is 1.88. The van der Waals surface area contributed by atoms with Gasteiger partial charge in [0.1, 0.15) is 5.52 Å². The first-order valence-corrected chi connectivity index (χ1v) is 6.82. The summed E-state index contributed by atoms with van der Waals surface area (Å²) in [6, 6.07) is 3.40. The predicted molar refractivity (Wildman–Crippen MR) is 64.8 cm³/mol. The Kier molecular flexibility index (Phi) is 2.35. The fourth-order valence-electron chi connectivity index (χ4n) is 1.27. The van der Waals surface area contributed by atoms with E-state index in [-0.39, 0.29) is 0 Å². The van der Waals surface area contributed by atoms with Crippen molar-refractivity contribution in [2.24, 2.45) is 0 Å². The molecule has 15 heavy (non-hydrogen) atoms. The number of nitrogens with zero attached hydrogens (tertiary/aromatic N) is 3. The molecular formula is C8H2Cl2N3S2. The van der Waals surface area contributed by atoms with E-state index in [4.69, 9.17) is 23.2 Å². The number of halogens is 2. The van der Waals surface area contributed by atoms with Gasteiger partial charge in [0.2, 0.25) is 0 Å². The Labute approximate surface area is 103 Å². The van der Waals surface area contributed by atoms with E-state index in [0.29, 0.717) is 26.9 Å². The largest absolute Gasteiger partial charge is 0.235 e. The van der Waals surface area contributed by atoms with Gasteiger partial charge in [0, 0.05) is 5.02 Å². The maximum Gasteiger partial charge on any atom is 0.195 e. The highest BCUT2D eigenvalue weighted by molar-refractivity contribution is 8.76. The van der Waals surface area contributed by atoms with Gasteiger partial charge in [0.05, 0.1) is 21.5 Å². The molecule has 0 fully saturated rings. The topological polar surface area (TPSA) is 39.9 Å². The molecule has 1 aromatic carbocycles. The highest BCUT2D eigenvalue weighted by atomic mass is 35.5. The Morgan fingerprint density at radius 1 is 1.13 bits per heavy atom. The van der Waals surface area contributed by atoms with Gasteiger partial charge in [0.25, 0.3) is 0 Å². The van der Waals surface area contributed by atoms with E-state index in [1.807, 2.05) is 0 Å². The number of aromatic nitrogens is 2. The fourth-order valence-corrected chi connectivity index (χ4v) is 3.33. The van der Waals surface area contributed by atoms with Crippen LogP contribution >= 0.6 is 45.0 Å². The molecule has 0 atom stereocenters. The summed E-state index contributed by atoms with van der Waals surface area (Å²) in [5.41, 5.74) is 1.35. The molecule has 0 spiro atoms. The Balaban J connectivity index is 2.38. The van der Waals surface area contributed by atoms with Gasteiger partial charge in [-0.2, -0.15) is 4.72 Å². The van der Waals surface area contributed by atoms with E-state index >= 15 is 0 Å². The normalized spacial score (nSPS) is 14.0. The molecule has 2 aromatic rings. The van der Waals surface area contributed by atoms with Crippen LogP contribution in [0.25, 0.3) is 11.0 Å². The van der Waals surface area contributed by atoms with E-state index in [2.05, 4.69) is 14.7 Å². The number of hydrogen-bond acceptors (Lipinski definition) is 4. The van der Waals surface area contributed by atoms with Crippen LogP contribution in [0.2, 0.25) is 10.0 Å². The lowest BCUT2D eigenvalue weighted by atomic mass is 10.3. The van der Waals surface area contributed by atoms with Gasteiger partial charge in [-0.3, -0.25) is 0 Å². The highest BCUT2D eigenvalue weighted by Gasteiger charge is 2.19. The molecule has 75 valence electrons. The van der Waals surface area contributed by atoms with Crippen molar-refractivity contribution in [3.05, 3.63) is 22.2 Å². The molecule has 0 saturated heterocycles. The lowest BCUT2D eigenvalue weighted by molar-refractivity contribution is 1.08. The van der Waals surface area contributed by atoms with Crippen molar-refractivity contribution in [3.8, 4) is 0 Å². The third-order valence-corrected chi connectivity index (χ3v) is 4.06. The van der Waals surface area contributed by atoms with E-state index < -0.39 is 0 Å². The van der Waals surface area contributed by atoms with Gasteiger partial charge >= 0.3 is 0 Å². The molecule has 3 nitrogen and oxygen atoms in total. The molecule has 0 N–H and O–H groups in total. The van der Waals surface area contributed by atoms with Crippen LogP contribution in [0, 0.1) is 0 Å². The Hall–Kier alpha value is -0.360. The number of fused-ring (bicyclic) bond motifs is 2. The first kappa shape index (κ1) is 9.84. The van der Waals surface area contributed by atoms with Crippen molar-refractivity contribution >= 4 is 61.8 Å². The van der Waals surface area contributed by atoms with E-state index in [0.717, 1.165) is 5.03 Å². The maximum absolute atomic E-state index is 6.02. The van der Waals surface area contributed by atoms with Crippen molar-refractivity contribution in [1.82, 2.24) is 14.7 Å². The predicted octanol–water partition coefficient (Wildman–Crippen LogP) is 3.84. The molecule has 1 radical (unpaired) electrons. The average molecular weight is 275 g/mol. The number of hydrogen-bond donors (Lipinski definition) is 0. The Bertz CT molecular complexity index is 561. The molecule has 1 aromatic heterocycles. The average Bonchev–Trinajstić information content (AvgIpc) is 2.61. The van der Waals surface area contributed by atoms with Crippen LogP contribution in [0.5, 0.6) is 0 Å². The standard InChI is InChI=1S/C8H2Cl2N3S2/c9-3-1-4(10)6-5(2-3)11-8-7(12-6)13-15-14-8/h1-2H. The van der Waals surface area contributed by atoms with Crippen LogP contribution in [-0.4, -0.2) is 9.97 Å². The van der Waals surface area contributed by atoms with Crippen molar-refractivity contribution in [3.63, 3.8) is 0 Å². The Morgan fingerprint density at radius 2 is 2.00 bits per heavy atom. The minimum absolute atomic E-state index is 0.505. The van der Waals surface area contributed by atoms with Crippen molar-refractivity contribution in [2.75, 3.05) is 0 Å². The quantitative estimate of drug-likeness (QED) is 0.541. The van der Waals surface area contributed by atoms with E-state index in [1.54, 1.807) is 12.1 Å². The molecule has 7 heteroatoms. The van der Waals surface area contributed by atoms with Gasteiger partial charge in [0.15, 0.2) is 10.8 Å². The minimum atomic E-state index is 0.505. The smallest absolute Gasteiger partial charge is 0.195 e. The second kappa shape index (κ2) is 3.59. The van der Waals surface area contributed by atoms with Crippen LogP contribution < -0.4 is 4.72 Å². The van der Waals surface area contributed by atoms with Crippen LogP contribution in [0.4, 0.5) is 5.82 Å². The molecule has 0 aliphatic carbocycles. The monoisotopic (exact) mass is 274 g/mol. The van der Waals surface area contributed by atoms with Gasteiger partial charge in [-0.15, -0.1) is 0 Å². The minimum Gasteiger partial charge on any atom is -0.235 e. The molecule has 0 unspecified atom stereocenters. The van der Waals surface area contributed by atoms with E-state index in [9.17, 15) is 0 Å². The summed E-state index contributed by atoms with van der Waals surface area (Å²) in [7, 11) is 2.85. The maximum atomic E-state index is 6.02. The lowest BCUT2D eigenvalue weighted by Crippen LogP contribution is -1.90. The van der Waals surface area contributed by atoms with Crippen LogP contribution in [0.1, 0.15) is 0 Å². The summed E-state index contributed by atoms with van der Waals surface area (Å²) in [6.45, 7) is 0. The van der Waals surface area contributed by atoms with Crippen molar-refractivity contribution in [1.29, 1.82) is 0 Å². The fraction of sp³-hybridized carbons (Fsp3) is 0. The zero-order chi connectivity index (χ0) is 10.4. The molecule has 0 saturated carbocycles. The van der Waals surface area contributed by atoms with Crippen LogP contribution in [-0.2, 0) is 0 Å². The highest BCUT2D eigenvalue weighted by Crippen LogP contribution is 2.43. The molecule has 1 aliphatic rings. The first-order chi connectivity index (χ1) is 7.24. The summed E-state index contributed by atoms with van der Waals surface area (Å²) in [5, 5.41) is 1.88. The molecule has 3 rings (SSSR count). The number of rotatable bonds is 0. The summed E-state index contributed by atoms with van der Waals surface area (Å²) in [4.78, 5) is 8.73. The Morgan fingerprint density at radius 3 is 2.87 bits per heavy atom. The van der Waals surface area contributed by atoms with Gasteiger partial charge < -0.3 is 0 Å². The van der Waals surface area contributed by atoms with Crippen molar-refractivity contribution in [2.45, 2.75) is 5.03 Å². The molecule has 0 amide bonds. The second-order valence-corrected chi connectivity index (χ2v) is 5.53. The zero-order valence-electron chi connectivity index (χ0n) is 7.07. The third kappa shape index (κ3) is 1.63. The summed E-state index contributed by atoms with van der Waals surface area (Å²) < 4.78 is 4.13. The summed E-state index contributed by atoms with van der Waals surface area (Å²) in [5.74, 6) is 0.640. The molecule has 2 heterocycles. The van der Waals surface area contributed by atoms with Crippen molar-refractivity contribution < 1.29 is 0 Å². The van der Waals surface area contributed by atoms with E-state index in [1.165, 1.54) is 21.8 Å². The molecule has 1 aliphatic heterocycles. The summed E-state index contributed by atoms with van der Waals surface area (Å²) >= 11 is 11.9. The number of benzene rings is 1. The van der Waals surface area contributed by atoms with Gasteiger partial charge in [-0.05, 0) is 22.9 Å². The zero-order valence-corrected chi connectivity index (χ0v) is 10.2. The molecule has 0 bridgehead atoms. The van der Waals surface area contributed by atoms with Crippen LogP contribution in [0.15, 0.2) is 17.2 Å². The molecular weight excluding hydrogens is 273 g/mol. The first-order valence-electron chi connectivity index (χ1n) is 3.95. The lowest BCUT2D eigenvalue weighted by Gasteiger charge is -2.01. The van der Waals surface area contributed by atoms with Crippen LogP contribution in [0.3, 0.4) is 0 Å². The SMILES string of the molecule is Clc1cc(Cl)c2nc3c(nc2c1)SS[N]3. The summed E-state index contributed by atoms with van der Waals surface area (Å²) in [6.07, 6.45) is 0. The van der Waals surface area contributed by atoms with Gasteiger partial charge in [-0.1, -0.05) is 23.2 Å². The second-order valence-electron chi connectivity index (χ2n) is 2.86. The van der Waals surface area contributed by atoms with Gasteiger partial charge in [-0.25, -0.2) is 9.97 Å².